The second kappa shape index (κ2) is 7.41. The van der Waals surface area contributed by atoms with Crippen LogP contribution in [0, 0.1) is 5.92 Å². The maximum Gasteiger partial charge on any atom is 0.188 e. The van der Waals surface area contributed by atoms with Crippen LogP contribution in [0.2, 0.25) is 0 Å². The van der Waals surface area contributed by atoms with E-state index in [4.69, 9.17) is 5.73 Å². The van der Waals surface area contributed by atoms with Crippen LogP contribution in [0.15, 0.2) is 17.1 Å². The second-order valence-corrected chi connectivity index (χ2v) is 5.72. The molecule has 0 unspecified atom stereocenters. The molecular weight excluding hydrogens is 224 g/mol. The van der Waals surface area contributed by atoms with Crippen molar-refractivity contribution in [2.75, 3.05) is 26.2 Å². The summed E-state index contributed by atoms with van der Waals surface area (Å²) in [4.78, 5) is 6.80. The van der Waals surface area contributed by atoms with Crippen LogP contribution in [0.5, 0.6) is 0 Å². The highest BCUT2D eigenvalue weighted by atomic mass is 15.2. The lowest BCUT2D eigenvalue weighted by atomic mass is 10.1. The molecule has 1 rings (SSSR count). The van der Waals surface area contributed by atoms with E-state index in [9.17, 15) is 0 Å². The Morgan fingerprint density at radius 1 is 1.56 bits per heavy atom. The van der Waals surface area contributed by atoms with Gasteiger partial charge in [-0.05, 0) is 32.2 Å². The zero-order valence-electron chi connectivity index (χ0n) is 12.1. The number of nitrogens with two attached hydrogens (primary N) is 1. The summed E-state index contributed by atoms with van der Waals surface area (Å²) in [5.41, 5.74) is 6.86. The lowest BCUT2D eigenvalue weighted by molar-refractivity contribution is 0.227. The van der Waals surface area contributed by atoms with Gasteiger partial charge in [-0.3, -0.25) is 4.90 Å². The molecule has 4 nitrogen and oxygen atoms in total. The van der Waals surface area contributed by atoms with Gasteiger partial charge in [0.25, 0.3) is 0 Å². The molecule has 0 amide bonds. The molecule has 0 aromatic rings. The zero-order chi connectivity index (χ0) is 13.5. The third kappa shape index (κ3) is 5.54. The van der Waals surface area contributed by atoms with Crippen LogP contribution in [0.25, 0.3) is 0 Å². The number of rotatable bonds is 6. The fourth-order valence-electron chi connectivity index (χ4n) is 2.33. The predicted octanol–water partition coefficient (Wildman–Crippen LogP) is 1.59. The number of nitrogens with zero attached hydrogens (tertiary/aromatic N) is 2. The van der Waals surface area contributed by atoms with Crippen molar-refractivity contribution in [2.45, 2.75) is 39.7 Å². The summed E-state index contributed by atoms with van der Waals surface area (Å²) in [5, 5.41) is 3.23. The minimum atomic E-state index is 0.536. The van der Waals surface area contributed by atoms with Crippen molar-refractivity contribution in [1.29, 1.82) is 0 Å². The molecule has 18 heavy (non-hydrogen) atoms. The summed E-state index contributed by atoms with van der Waals surface area (Å²) in [5.74, 6) is 1.26. The molecule has 1 aliphatic heterocycles. The van der Waals surface area contributed by atoms with E-state index in [1.807, 2.05) is 6.92 Å². The lowest BCUT2D eigenvalue weighted by Gasteiger charge is -2.26. The van der Waals surface area contributed by atoms with Gasteiger partial charge >= 0.3 is 0 Å². The SMILES string of the molecule is C=C(C)CN=C(N)NC[C@H]1CCCN1CC(C)C. The monoisotopic (exact) mass is 252 g/mol. The molecule has 0 saturated carbocycles. The van der Waals surface area contributed by atoms with Crippen molar-refractivity contribution in [3.63, 3.8) is 0 Å². The first-order valence-electron chi connectivity index (χ1n) is 6.91. The first-order chi connectivity index (χ1) is 8.49. The van der Waals surface area contributed by atoms with Gasteiger partial charge in [0.15, 0.2) is 5.96 Å². The average Bonchev–Trinajstić information content (AvgIpc) is 2.70. The van der Waals surface area contributed by atoms with Crippen molar-refractivity contribution >= 4 is 5.96 Å². The van der Waals surface area contributed by atoms with Crippen LogP contribution in [0.4, 0.5) is 0 Å². The quantitative estimate of drug-likeness (QED) is 0.429. The van der Waals surface area contributed by atoms with Gasteiger partial charge in [-0.1, -0.05) is 26.0 Å². The van der Waals surface area contributed by atoms with Crippen LogP contribution >= 0.6 is 0 Å². The molecule has 4 heteroatoms. The van der Waals surface area contributed by atoms with Crippen LogP contribution in [0.3, 0.4) is 0 Å². The van der Waals surface area contributed by atoms with Crippen molar-refractivity contribution < 1.29 is 0 Å². The highest BCUT2D eigenvalue weighted by Gasteiger charge is 2.24. The molecule has 0 aliphatic carbocycles. The van der Waals surface area contributed by atoms with E-state index in [-0.39, 0.29) is 0 Å². The number of hydrogen-bond acceptors (Lipinski definition) is 2. The van der Waals surface area contributed by atoms with Gasteiger partial charge in [-0.2, -0.15) is 0 Å². The van der Waals surface area contributed by atoms with E-state index < -0.39 is 0 Å². The summed E-state index contributed by atoms with van der Waals surface area (Å²) in [6, 6.07) is 0.603. The molecule has 0 radical (unpaired) electrons. The average molecular weight is 252 g/mol. The number of likely N-dealkylation sites (tertiary alicyclic amines) is 1. The van der Waals surface area contributed by atoms with Gasteiger partial charge in [0.1, 0.15) is 0 Å². The lowest BCUT2D eigenvalue weighted by Crippen LogP contribution is -2.43. The topological polar surface area (TPSA) is 53.6 Å². The summed E-state index contributed by atoms with van der Waals surface area (Å²) in [6.45, 7) is 14.2. The Bertz CT molecular complexity index is 296. The molecule has 0 aromatic carbocycles. The summed E-state index contributed by atoms with van der Waals surface area (Å²) in [6.07, 6.45) is 2.55. The minimum absolute atomic E-state index is 0.536. The summed E-state index contributed by atoms with van der Waals surface area (Å²) >= 11 is 0. The van der Waals surface area contributed by atoms with Crippen LogP contribution in [-0.4, -0.2) is 43.1 Å². The normalized spacial score (nSPS) is 21.6. The Hall–Kier alpha value is -1.03. The van der Waals surface area contributed by atoms with Gasteiger partial charge in [0.2, 0.25) is 0 Å². The molecule has 104 valence electrons. The van der Waals surface area contributed by atoms with Crippen molar-refractivity contribution in [1.82, 2.24) is 10.2 Å². The third-order valence-corrected chi connectivity index (χ3v) is 3.14. The van der Waals surface area contributed by atoms with Crippen LogP contribution in [-0.2, 0) is 0 Å². The minimum Gasteiger partial charge on any atom is -0.370 e. The van der Waals surface area contributed by atoms with E-state index in [0.29, 0.717) is 18.5 Å². The Balaban J connectivity index is 2.33. The maximum absolute atomic E-state index is 5.83. The maximum atomic E-state index is 5.83. The van der Waals surface area contributed by atoms with Gasteiger partial charge in [0, 0.05) is 19.1 Å². The molecular formula is C14H28N4. The smallest absolute Gasteiger partial charge is 0.188 e. The fourth-order valence-corrected chi connectivity index (χ4v) is 2.33. The van der Waals surface area contributed by atoms with Crippen LogP contribution < -0.4 is 11.1 Å². The van der Waals surface area contributed by atoms with Gasteiger partial charge < -0.3 is 11.1 Å². The van der Waals surface area contributed by atoms with Gasteiger partial charge in [-0.25, -0.2) is 4.99 Å². The third-order valence-electron chi connectivity index (χ3n) is 3.14. The number of guanidine groups is 1. The number of hydrogen-bond donors (Lipinski definition) is 2. The molecule has 0 spiro atoms. The Labute approximate surface area is 111 Å². The standard InChI is InChI=1S/C14H28N4/c1-11(2)8-16-14(15)17-9-13-6-5-7-18(13)10-12(3)4/h12-13H,1,5-10H2,2-4H3,(H3,15,16,17)/t13-/m1/s1. The molecule has 3 N–H and O–H groups in total. The summed E-state index contributed by atoms with van der Waals surface area (Å²) < 4.78 is 0. The van der Waals surface area contributed by atoms with Crippen LogP contribution in [0.1, 0.15) is 33.6 Å². The molecule has 0 aromatic heterocycles. The van der Waals surface area contributed by atoms with E-state index in [1.165, 1.54) is 25.9 Å². The molecule has 0 bridgehead atoms. The number of nitrogens with one attached hydrogen (secondary N) is 1. The highest BCUT2D eigenvalue weighted by molar-refractivity contribution is 5.77. The fraction of sp³-hybridized carbons (Fsp3) is 0.786. The van der Waals surface area contributed by atoms with Crippen molar-refractivity contribution in [3.05, 3.63) is 12.2 Å². The predicted molar refractivity (Wildman–Crippen MR) is 78.7 cm³/mol. The van der Waals surface area contributed by atoms with E-state index >= 15 is 0 Å². The molecule has 1 fully saturated rings. The first kappa shape index (κ1) is 15.0. The first-order valence-corrected chi connectivity index (χ1v) is 6.91. The van der Waals surface area contributed by atoms with Gasteiger partial charge in [0.05, 0.1) is 6.54 Å². The number of aliphatic imine (C=N–C) groups is 1. The molecule has 1 saturated heterocycles. The van der Waals surface area contributed by atoms with Crippen molar-refractivity contribution in [2.24, 2.45) is 16.6 Å². The van der Waals surface area contributed by atoms with E-state index in [0.717, 1.165) is 18.0 Å². The Morgan fingerprint density at radius 2 is 2.28 bits per heavy atom. The second-order valence-electron chi connectivity index (χ2n) is 5.72. The molecule has 1 aliphatic rings. The molecule has 1 heterocycles. The van der Waals surface area contributed by atoms with E-state index in [1.54, 1.807) is 0 Å². The largest absolute Gasteiger partial charge is 0.370 e. The zero-order valence-corrected chi connectivity index (χ0v) is 12.1. The highest BCUT2D eigenvalue weighted by Crippen LogP contribution is 2.17. The Morgan fingerprint density at radius 3 is 2.89 bits per heavy atom. The Kier molecular flexibility index (Phi) is 6.19. The van der Waals surface area contributed by atoms with E-state index in [2.05, 4.69) is 35.6 Å². The van der Waals surface area contributed by atoms with Crippen molar-refractivity contribution in [3.8, 4) is 0 Å². The summed E-state index contributed by atoms with van der Waals surface area (Å²) in [7, 11) is 0. The molecule has 1 atom stereocenters. The van der Waals surface area contributed by atoms with Gasteiger partial charge in [-0.15, -0.1) is 0 Å².